The highest BCUT2D eigenvalue weighted by Gasteiger charge is 2.06. The molecule has 0 saturated carbocycles. The Kier molecular flexibility index (Phi) is 6.63. The summed E-state index contributed by atoms with van der Waals surface area (Å²) in [6, 6.07) is 0. The second kappa shape index (κ2) is 6.66. The summed E-state index contributed by atoms with van der Waals surface area (Å²) in [4.78, 5) is 0. The Hall–Kier alpha value is -0.0400. The van der Waals surface area contributed by atoms with Crippen LogP contribution in [0.25, 0.3) is 0 Å². The van der Waals surface area contributed by atoms with Crippen molar-refractivity contribution in [3.63, 3.8) is 0 Å². The van der Waals surface area contributed by atoms with Gasteiger partial charge in [-0.3, -0.25) is 0 Å². The molecule has 68 valence electrons. The molecule has 0 fully saturated rings. The third kappa shape index (κ3) is 6.36. The van der Waals surface area contributed by atoms with Crippen molar-refractivity contribution >= 4 is 0 Å². The molecule has 0 rings (SSSR count). The lowest BCUT2D eigenvalue weighted by Crippen LogP contribution is -2.12. The standard InChI is InChI=1S/C10H22O/c1-4-5-6-7-8-9(2)10(3)11/h9-11H,4-8H2,1-3H3. The predicted octanol–water partition coefficient (Wildman–Crippen LogP) is 2.97. The average molecular weight is 158 g/mol. The molecule has 1 nitrogen and oxygen atoms in total. The number of hydrogen-bond acceptors (Lipinski definition) is 1. The first-order valence-electron chi connectivity index (χ1n) is 4.86. The molecular formula is C10H22O. The van der Waals surface area contributed by atoms with Gasteiger partial charge in [0.25, 0.3) is 0 Å². The quantitative estimate of drug-likeness (QED) is 0.589. The SMILES string of the molecule is CCCCCCC(C)C(C)O. The van der Waals surface area contributed by atoms with E-state index < -0.39 is 0 Å². The summed E-state index contributed by atoms with van der Waals surface area (Å²) in [5.41, 5.74) is 0. The van der Waals surface area contributed by atoms with Crippen molar-refractivity contribution in [3.8, 4) is 0 Å². The Balaban J connectivity index is 3.10. The Bertz CT molecular complexity index is 78.9. The van der Waals surface area contributed by atoms with Gasteiger partial charge in [-0.15, -0.1) is 0 Å². The number of rotatable bonds is 6. The molecule has 0 spiro atoms. The van der Waals surface area contributed by atoms with E-state index in [9.17, 15) is 5.11 Å². The normalized spacial score (nSPS) is 16.4. The molecule has 1 N–H and O–H groups in total. The summed E-state index contributed by atoms with van der Waals surface area (Å²) in [5, 5.41) is 9.18. The fourth-order valence-corrected chi connectivity index (χ4v) is 1.13. The maximum atomic E-state index is 9.18. The predicted molar refractivity (Wildman–Crippen MR) is 49.6 cm³/mol. The minimum absolute atomic E-state index is 0.128. The minimum atomic E-state index is -0.128. The molecular weight excluding hydrogens is 136 g/mol. The molecule has 2 atom stereocenters. The van der Waals surface area contributed by atoms with Gasteiger partial charge in [0.2, 0.25) is 0 Å². The molecule has 2 unspecified atom stereocenters. The van der Waals surface area contributed by atoms with Crippen molar-refractivity contribution in [2.24, 2.45) is 5.92 Å². The zero-order valence-electron chi connectivity index (χ0n) is 8.14. The van der Waals surface area contributed by atoms with Gasteiger partial charge in [-0.25, -0.2) is 0 Å². The van der Waals surface area contributed by atoms with Gasteiger partial charge >= 0.3 is 0 Å². The Labute approximate surface area is 70.8 Å². The van der Waals surface area contributed by atoms with Crippen LogP contribution in [-0.4, -0.2) is 11.2 Å². The van der Waals surface area contributed by atoms with E-state index in [1.807, 2.05) is 6.92 Å². The van der Waals surface area contributed by atoms with E-state index >= 15 is 0 Å². The fraction of sp³-hybridized carbons (Fsp3) is 1.00. The molecule has 0 aromatic carbocycles. The molecule has 0 radical (unpaired) electrons. The largest absolute Gasteiger partial charge is 0.393 e. The van der Waals surface area contributed by atoms with Gasteiger partial charge in [-0.1, -0.05) is 39.5 Å². The van der Waals surface area contributed by atoms with Crippen molar-refractivity contribution < 1.29 is 5.11 Å². The molecule has 0 bridgehead atoms. The van der Waals surface area contributed by atoms with E-state index in [4.69, 9.17) is 0 Å². The first-order valence-corrected chi connectivity index (χ1v) is 4.86. The minimum Gasteiger partial charge on any atom is -0.393 e. The van der Waals surface area contributed by atoms with Gasteiger partial charge in [-0.2, -0.15) is 0 Å². The van der Waals surface area contributed by atoms with Crippen LogP contribution < -0.4 is 0 Å². The lowest BCUT2D eigenvalue weighted by atomic mass is 9.98. The highest BCUT2D eigenvalue weighted by Crippen LogP contribution is 2.13. The summed E-state index contributed by atoms with van der Waals surface area (Å²) in [6.45, 7) is 6.22. The van der Waals surface area contributed by atoms with Crippen LogP contribution in [0.15, 0.2) is 0 Å². The van der Waals surface area contributed by atoms with E-state index in [0.717, 1.165) is 0 Å². The second-order valence-corrected chi connectivity index (χ2v) is 3.57. The van der Waals surface area contributed by atoms with Gasteiger partial charge < -0.3 is 5.11 Å². The van der Waals surface area contributed by atoms with Crippen molar-refractivity contribution in [2.75, 3.05) is 0 Å². The van der Waals surface area contributed by atoms with Crippen molar-refractivity contribution in [2.45, 2.75) is 59.0 Å². The first kappa shape index (κ1) is 11.0. The van der Waals surface area contributed by atoms with Crippen molar-refractivity contribution in [1.82, 2.24) is 0 Å². The number of aliphatic hydroxyl groups is 1. The van der Waals surface area contributed by atoms with Crippen molar-refractivity contribution in [3.05, 3.63) is 0 Å². The van der Waals surface area contributed by atoms with E-state index in [0.29, 0.717) is 5.92 Å². The Morgan fingerprint density at radius 3 is 2.18 bits per heavy atom. The van der Waals surface area contributed by atoms with Crippen molar-refractivity contribution in [1.29, 1.82) is 0 Å². The van der Waals surface area contributed by atoms with Crippen LogP contribution >= 0.6 is 0 Å². The van der Waals surface area contributed by atoms with Crippen LogP contribution in [0.4, 0.5) is 0 Å². The molecule has 0 heterocycles. The van der Waals surface area contributed by atoms with Crippen LogP contribution in [0.1, 0.15) is 52.9 Å². The average Bonchev–Trinajstić information content (AvgIpc) is 1.97. The van der Waals surface area contributed by atoms with Crippen LogP contribution in [0, 0.1) is 5.92 Å². The summed E-state index contributed by atoms with van der Waals surface area (Å²) in [7, 11) is 0. The van der Waals surface area contributed by atoms with E-state index in [2.05, 4.69) is 13.8 Å². The molecule has 1 heteroatoms. The number of aliphatic hydroxyl groups excluding tert-OH is 1. The molecule has 0 aliphatic carbocycles. The molecule has 0 aromatic heterocycles. The zero-order valence-corrected chi connectivity index (χ0v) is 8.14. The van der Waals surface area contributed by atoms with Gasteiger partial charge in [0.1, 0.15) is 0 Å². The molecule has 0 aliphatic heterocycles. The highest BCUT2D eigenvalue weighted by atomic mass is 16.3. The Morgan fingerprint density at radius 2 is 1.73 bits per heavy atom. The summed E-state index contributed by atoms with van der Waals surface area (Å²) >= 11 is 0. The summed E-state index contributed by atoms with van der Waals surface area (Å²) < 4.78 is 0. The summed E-state index contributed by atoms with van der Waals surface area (Å²) in [6.07, 6.45) is 6.29. The topological polar surface area (TPSA) is 20.2 Å². The molecule has 11 heavy (non-hydrogen) atoms. The number of hydrogen-bond donors (Lipinski definition) is 1. The van der Waals surface area contributed by atoms with Crippen LogP contribution in [0.2, 0.25) is 0 Å². The lowest BCUT2D eigenvalue weighted by Gasteiger charge is -2.13. The van der Waals surface area contributed by atoms with Gasteiger partial charge in [-0.05, 0) is 19.3 Å². The van der Waals surface area contributed by atoms with Gasteiger partial charge in [0.05, 0.1) is 6.10 Å². The first-order chi connectivity index (χ1) is 5.18. The van der Waals surface area contributed by atoms with Gasteiger partial charge in [0.15, 0.2) is 0 Å². The third-order valence-electron chi connectivity index (χ3n) is 2.34. The molecule has 0 aliphatic rings. The summed E-state index contributed by atoms with van der Waals surface area (Å²) in [5.74, 6) is 0.479. The molecule has 0 amide bonds. The molecule has 0 saturated heterocycles. The van der Waals surface area contributed by atoms with Crippen LogP contribution in [-0.2, 0) is 0 Å². The van der Waals surface area contributed by atoms with Crippen LogP contribution in [0.5, 0.6) is 0 Å². The maximum absolute atomic E-state index is 9.18. The van der Waals surface area contributed by atoms with E-state index in [1.54, 1.807) is 0 Å². The maximum Gasteiger partial charge on any atom is 0.0537 e. The monoisotopic (exact) mass is 158 g/mol. The Morgan fingerprint density at radius 1 is 1.09 bits per heavy atom. The second-order valence-electron chi connectivity index (χ2n) is 3.57. The van der Waals surface area contributed by atoms with Crippen LogP contribution in [0.3, 0.4) is 0 Å². The lowest BCUT2D eigenvalue weighted by molar-refractivity contribution is 0.128. The highest BCUT2D eigenvalue weighted by molar-refractivity contribution is 4.58. The molecule has 0 aromatic rings. The van der Waals surface area contributed by atoms with E-state index in [-0.39, 0.29) is 6.10 Å². The zero-order chi connectivity index (χ0) is 8.69. The smallest absolute Gasteiger partial charge is 0.0537 e. The number of unbranched alkanes of at least 4 members (excludes halogenated alkanes) is 3. The van der Waals surface area contributed by atoms with Gasteiger partial charge in [0, 0.05) is 0 Å². The third-order valence-corrected chi connectivity index (χ3v) is 2.34. The van der Waals surface area contributed by atoms with E-state index in [1.165, 1.54) is 32.1 Å². The fourth-order valence-electron chi connectivity index (χ4n) is 1.13.